The molecule has 3 aromatic rings. The number of anilines is 1. The lowest BCUT2D eigenvalue weighted by Crippen LogP contribution is -2.45. The van der Waals surface area contributed by atoms with Gasteiger partial charge in [0.15, 0.2) is 0 Å². The summed E-state index contributed by atoms with van der Waals surface area (Å²) in [6, 6.07) is 19.5. The lowest BCUT2D eigenvalue weighted by molar-refractivity contribution is -0.384. The number of nitro benzene ring substituents is 1. The quantitative estimate of drug-likeness (QED) is 0.309. The zero-order valence-electron chi connectivity index (χ0n) is 17.3. The molecule has 3 aromatic carbocycles. The van der Waals surface area contributed by atoms with Gasteiger partial charge < -0.3 is 4.90 Å². The van der Waals surface area contributed by atoms with Gasteiger partial charge >= 0.3 is 0 Å². The van der Waals surface area contributed by atoms with Crippen LogP contribution in [-0.4, -0.2) is 33.6 Å². The third kappa shape index (κ3) is 4.61. The summed E-state index contributed by atoms with van der Waals surface area (Å²) in [5.41, 5.74) is 1.18. The zero-order valence-corrected chi connectivity index (χ0v) is 18.0. The molecule has 0 N–H and O–H groups in total. The Balaban J connectivity index is 1.67. The molecule has 1 fully saturated rings. The lowest BCUT2D eigenvalue weighted by atomic mass is 10.1. The molecule has 0 spiro atoms. The van der Waals surface area contributed by atoms with Gasteiger partial charge in [0, 0.05) is 29.3 Å². The van der Waals surface area contributed by atoms with Gasteiger partial charge in [0.05, 0.1) is 17.0 Å². The number of imide groups is 1. The number of hydrogen-bond acceptors (Lipinski definition) is 5. The van der Waals surface area contributed by atoms with Crippen molar-refractivity contribution in [3.63, 3.8) is 0 Å². The van der Waals surface area contributed by atoms with Gasteiger partial charge in [-0.2, -0.15) is 0 Å². The molecule has 166 valence electrons. The normalized spacial score (nSPS) is 15.5. The van der Waals surface area contributed by atoms with E-state index in [1.165, 1.54) is 29.2 Å². The van der Waals surface area contributed by atoms with E-state index in [2.05, 4.69) is 0 Å². The Morgan fingerprint density at radius 1 is 1.00 bits per heavy atom. The van der Waals surface area contributed by atoms with E-state index in [4.69, 9.17) is 11.6 Å². The molecule has 1 saturated heterocycles. The molecule has 8 nitrogen and oxygen atoms in total. The van der Waals surface area contributed by atoms with Crippen molar-refractivity contribution in [2.45, 2.75) is 19.0 Å². The van der Waals surface area contributed by atoms with Crippen LogP contribution in [0.25, 0.3) is 0 Å². The molecule has 33 heavy (non-hydrogen) atoms. The van der Waals surface area contributed by atoms with Gasteiger partial charge in [-0.3, -0.25) is 24.5 Å². The van der Waals surface area contributed by atoms with E-state index in [-0.39, 0.29) is 24.2 Å². The molecule has 1 unspecified atom stereocenters. The fourth-order valence-corrected chi connectivity index (χ4v) is 3.84. The molecule has 9 heteroatoms. The van der Waals surface area contributed by atoms with Crippen molar-refractivity contribution >= 4 is 40.7 Å². The van der Waals surface area contributed by atoms with Crippen molar-refractivity contribution < 1.29 is 19.3 Å². The van der Waals surface area contributed by atoms with Gasteiger partial charge in [-0.1, -0.05) is 41.9 Å². The van der Waals surface area contributed by atoms with Crippen molar-refractivity contribution in [2.24, 2.45) is 0 Å². The topological polar surface area (TPSA) is 101 Å². The average Bonchev–Trinajstić information content (AvgIpc) is 3.12. The van der Waals surface area contributed by atoms with Gasteiger partial charge in [0.2, 0.25) is 5.91 Å². The van der Waals surface area contributed by atoms with E-state index >= 15 is 0 Å². The molecule has 1 heterocycles. The molecular weight excluding hydrogens is 446 g/mol. The Labute approximate surface area is 194 Å². The Bertz CT molecular complexity index is 1210. The van der Waals surface area contributed by atoms with Crippen LogP contribution in [0, 0.1) is 10.1 Å². The van der Waals surface area contributed by atoms with Crippen LogP contribution in [-0.2, 0) is 16.1 Å². The van der Waals surface area contributed by atoms with Crippen molar-refractivity contribution in [3.05, 3.63) is 105 Å². The summed E-state index contributed by atoms with van der Waals surface area (Å²) in [5, 5.41) is 11.4. The predicted molar refractivity (Wildman–Crippen MR) is 122 cm³/mol. The first-order valence-corrected chi connectivity index (χ1v) is 10.4. The minimum absolute atomic E-state index is 0.0921. The number of nitrogens with zero attached hydrogens (tertiary/aromatic N) is 3. The second-order valence-electron chi connectivity index (χ2n) is 7.49. The Morgan fingerprint density at radius 2 is 1.64 bits per heavy atom. The zero-order chi connectivity index (χ0) is 23.5. The standard InChI is InChI=1S/C24H18ClN3O5/c25-18-8-12-19(13-9-18)27-22(29)14-21(24(27)31)26(15-16-4-2-1-3-5-16)23(30)17-6-10-20(11-7-17)28(32)33/h1-13,21H,14-15H2. The van der Waals surface area contributed by atoms with Crippen molar-refractivity contribution in [1.29, 1.82) is 0 Å². The highest BCUT2D eigenvalue weighted by Gasteiger charge is 2.44. The first kappa shape index (κ1) is 22.2. The molecule has 3 amide bonds. The molecule has 0 aromatic heterocycles. The second kappa shape index (κ2) is 9.22. The molecule has 1 atom stereocenters. The number of halogens is 1. The number of benzene rings is 3. The summed E-state index contributed by atoms with van der Waals surface area (Å²) in [6.45, 7) is 0.0921. The van der Waals surface area contributed by atoms with E-state index < -0.39 is 28.7 Å². The van der Waals surface area contributed by atoms with E-state index in [1.807, 2.05) is 30.3 Å². The van der Waals surface area contributed by atoms with E-state index in [0.717, 1.165) is 10.5 Å². The van der Waals surface area contributed by atoms with Crippen LogP contribution in [0.15, 0.2) is 78.9 Å². The Morgan fingerprint density at radius 3 is 2.24 bits per heavy atom. The molecular formula is C24H18ClN3O5. The first-order chi connectivity index (χ1) is 15.8. The largest absolute Gasteiger partial charge is 0.322 e. The van der Waals surface area contributed by atoms with Crippen LogP contribution in [0.5, 0.6) is 0 Å². The van der Waals surface area contributed by atoms with E-state index in [0.29, 0.717) is 10.7 Å². The summed E-state index contributed by atoms with van der Waals surface area (Å²) < 4.78 is 0. The number of carbonyl (C=O) groups excluding carboxylic acids is 3. The van der Waals surface area contributed by atoms with Gasteiger partial charge in [-0.05, 0) is 42.0 Å². The number of non-ortho nitro benzene ring substituents is 1. The number of nitro groups is 1. The van der Waals surface area contributed by atoms with E-state index in [1.54, 1.807) is 24.3 Å². The van der Waals surface area contributed by atoms with Gasteiger partial charge in [-0.25, -0.2) is 4.90 Å². The summed E-state index contributed by atoms with van der Waals surface area (Å²) in [5.74, 6) is -1.45. The highest BCUT2D eigenvalue weighted by molar-refractivity contribution is 6.31. The van der Waals surface area contributed by atoms with Crippen LogP contribution in [0.2, 0.25) is 5.02 Å². The number of carbonyl (C=O) groups is 3. The number of hydrogen-bond donors (Lipinski definition) is 0. The molecule has 1 aliphatic rings. The Hall–Kier alpha value is -4.04. The fourth-order valence-electron chi connectivity index (χ4n) is 3.72. The maximum atomic E-state index is 13.4. The van der Waals surface area contributed by atoms with Crippen LogP contribution < -0.4 is 4.90 Å². The molecule has 0 radical (unpaired) electrons. The number of amides is 3. The van der Waals surface area contributed by atoms with Gasteiger partial charge in [0.25, 0.3) is 17.5 Å². The smallest absolute Gasteiger partial charge is 0.269 e. The van der Waals surface area contributed by atoms with Crippen LogP contribution in [0.3, 0.4) is 0 Å². The monoisotopic (exact) mass is 463 g/mol. The molecule has 0 bridgehead atoms. The maximum Gasteiger partial charge on any atom is 0.269 e. The highest BCUT2D eigenvalue weighted by atomic mass is 35.5. The van der Waals surface area contributed by atoms with Gasteiger partial charge in [0.1, 0.15) is 6.04 Å². The fraction of sp³-hybridized carbons (Fsp3) is 0.125. The van der Waals surface area contributed by atoms with Crippen LogP contribution in [0.1, 0.15) is 22.3 Å². The summed E-state index contributed by atoms with van der Waals surface area (Å²) >= 11 is 5.92. The van der Waals surface area contributed by atoms with Crippen molar-refractivity contribution in [1.82, 2.24) is 4.90 Å². The Kier molecular flexibility index (Phi) is 6.19. The molecule has 1 aliphatic heterocycles. The van der Waals surface area contributed by atoms with Crippen molar-refractivity contribution in [3.8, 4) is 0 Å². The van der Waals surface area contributed by atoms with Crippen LogP contribution in [0.4, 0.5) is 11.4 Å². The molecule has 0 aliphatic carbocycles. The summed E-state index contributed by atoms with van der Waals surface area (Å²) in [7, 11) is 0. The highest BCUT2D eigenvalue weighted by Crippen LogP contribution is 2.29. The van der Waals surface area contributed by atoms with Gasteiger partial charge in [-0.15, -0.1) is 0 Å². The first-order valence-electron chi connectivity index (χ1n) is 10.1. The van der Waals surface area contributed by atoms with E-state index in [9.17, 15) is 24.5 Å². The minimum Gasteiger partial charge on any atom is -0.322 e. The number of rotatable bonds is 6. The maximum absolute atomic E-state index is 13.4. The summed E-state index contributed by atoms with van der Waals surface area (Å²) in [4.78, 5) is 52.3. The molecule has 0 saturated carbocycles. The minimum atomic E-state index is -1.02. The predicted octanol–water partition coefficient (Wildman–Crippen LogP) is 4.22. The SMILES string of the molecule is O=C1CC(N(Cc2ccccc2)C(=O)c2ccc([N+](=O)[O-])cc2)C(=O)N1c1ccc(Cl)cc1. The molecule has 4 rings (SSSR count). The van der Waals surface area contributed by atoms with Crippen LogP contribution >= 0.6 is 11.6 Å². The third-order valence-corrected chi connectivity index (χ3v) is 5.62. The average molecular weight is 464 g/mol. The third-order valence-electron chi connectivity index (χ3n) is 5.37. The second-order valence-corrected chi connectivity index (χ2v) is 7.92. The summed E-state index contributed by atoms with van der Waals surface area (Å²) in [6.07, 6.45) is -0.174. The lowest BCUT2D eigenvalue weighted by Gasteiger charge is -2.28. The van der Waals surface area contributed by atoms with Crippen molar-refractivity contribution in [2.75, 3.05) is 4.90 Å².